The van der Waals surface area contributed by atoms with Gasteiger partial charge in [-0.2, -0.15) is 0 Å². The molecule has 5 heteroatoms. The van der Waals surface area contributed by atoms with Crippen LogP contribution in [-0.4, -0.2) is 29.4 Å². The maximum absolute atomic E-state index is 12.8. The van der Waals surface area contributed by atoms with Gasteiger partial charge in [-0.05, 0) is 48.9 Å². The number of carbonyl (C=O) groups is 1. The lowest BCUT2D eigenvalue weighted by molar-refractivity contribution is 0.0938. The van der Waals surface area contributed by atoms with Crippen LogP contribution in [0.4, 0.5) is 0 Å². The number of rotatable bonds is 6. The van der Waals surface area contributed by atoms with Crippen LogP contribution in [0.2, 0.25) is 0 Å². The van der Waals surface area contributed by atoms with Crippen molar-refractivity contribution in [2.45, 2.75) is 37.3 Å². The first kappa shape index (κ1) is 18.0. The summed E-state index contributed by atoms with van der Waals surface area (Å²) in [5.41, 5.74) is 2.98. The number of thioether (sulfide) groups is 1. The van der Waals surface area contributed by atoms with Gasteiger partial charge in [0, 0.05) is 16.8 Å². The second-order valence-corrected chi connectivity index (χ2v) is 7.72. The minimum Gasteiger partial charge on any atom is -0.486 e. The summed E-state index contributed by atoms with van der Waals surface area (Å²) in [4.78, 5) is 14.1. The van der Waals surface area contributed by atoms with Crippen LogP contribution in [0.5, 0.6) is 5.75 Å². The van der Waals surface area contributed by atoms with E-state index in [1.807, 2.05) is 24.3 Å². The average Bonchev–Trinajstić information content (AvgIpc) is 3.08. The van der Waals surface area contributed by atoms with Gasteiger partial charge in [-0.25, -0.2) is 0 Å². The van der Waals surface area contributed by atoms with E-state index < -0.39 is 0 Å². The molecule has 3 aromatic rings. The number of ether oxygens (including phenoxy) is 1. The van der Waals surface area contributed by atoms with Gasteiger partial charge in [0.25, 0.3) is 5.91 Å². The van der Waals surface area contributed by atoms with E-state index in [1.54, 1.807) is 11.8 Å². The Bertz CT molecular complexity index is 962. The molecule has 2 heterocycles. The molecule has 4 nitrogen and oxygen atoms in total. The third-order valence-corrected chi connectivity index (χ3v) is 5.85. The summed E-state index contributed by atoms with van der Waals surface area (Å²) in [7, 11) is 0. The van der Waals surface area contributed by atoms with Crippen LogP contribution in [0.15, 0.2) is 53.4 Å². The van der Waals surface area contributed by atoms with Crippen LogP contribution in [0.3, 0.4) is 0 Å². The Morgan fingerprint density at radius 2 is 2.07 bits per heavy atom. The molecule has 0 spiro atoms. The van der Waals surface area contributed by atoms with Crippen molar-refractivity contribution in [1.29, 1.82) is 0 Å². The molecule has 0 aliphatic carbocycles. The number of nitrogens with one attached hydrogen (secondary N) is 1. The number of benzene rings is 2. The molecular formula is C22H24N2O2S. The molecule has 1 N–H and O–H groups in total. The van der Waals surface area contributed by atoms with Gasteiger partial charge in [-0.1, -0.05) is 31.2 Å². The van der Waals surface area contributed by atoms with Gasteiger partial charge >= 0.3 is 0 Å². The number of carbonyl (C=O) groups excluding carboxylic acids is 1. The molecule has 1 amide bonds. The molecule has 27 heavy (non-hydrogen) atoms. The first-order chi connectivity index (χ1) is 13.2. The van der Waals surface area contributed by atoms with Gasteiger partial charge in [0.15, 0.2) is 0 Å². The van der Waals surface area contributed by atoms with Gasteiger partial charge in [-0.15, -0.1) is 11.8 Å². The molecular weight excluding hydrogens is 356 g/mol. The Morgan fingerprint density at radius 1 is 1.26 bits per heavy atom. The SMILES string of the molecule is CC[C@@H]1Cn2c(C(=O)NCCc3ccc(SC)cc3)cc3cccc(c32)O1. The highest BCUT2D eigenvalue weighted by molar-refractivity contribution is 7.98. The van der Waals surface area contributed by atoms with E-state index in [1.165, 1.54) is 10.5 Å². The van der Waals surface area contributed by atoms with Crippen molar-refractivity contribution in [2.24, 2.45) is 0 Å². The molecule has 1 atom stereocenters. The van der Waals surface area contributed by atoms with Gasteiger partial charge in [-0.3, -0.25) is 4.79 Å². The van der Waals surface area contributed by atoms with Crippen LogP contribution in [0.25, 0.3) is 10.9 Å². The Hall–Kier alpha value is -2.40. The maximum Gasteiger partial charge on any atom is 0.267 e. The lowest BCUT2D eigenvalue weighted by Gasteiger charge is -2.26. The summed E-state index contributed by atoms with van der Waals surface area (Å²) < 4.78 is 8.17. The van der Waals surface area contributed by atoms with Crippen LogP contribution >= 0.6 is 11.8 Å². The second-order valence-electron chi connectivity index (χ2n) is 6.84. The summed E-state index contributed by atoms with van der Waals surface area (Å²) in [6.07, 6.45) is 3.92. The number of hydrogen-bond acceptors (Lipinski definition) is 3. The normalized spacial score (nSPS) is 15.6. The highest BCUT2D eigenvalue weighted by Gasteiger charge is 2.25. The second kappa shape index (κ2) is 7.69. The Morgan fingerprint density at radius 3 is 2.81 bits per heavy atom. The molecule has 0 unspecified atom stereocenters. The van der Waals surface area contributed by atoms with Crippen molar-refractivity contribution in [1.82, 2.24) is 9.88 Å². The fraction of sp³-hybridized carbons (Fsp3) is 0.318. The zero-order valence-corrected chi connectivity index (χ0v) is 16.5. The Balaban J connectivity index is 1.49. The topological polar surface area (TPSA) is 43.3 Å². The van der Waals surface area contributed by atoms with Crippen molar-refractivity contribution >= 4 is 28.6 Å². The first-order valence-electron chi connectivity index (χ1n) is 9.39. The van der Waals surface area contributed by atoms with Gasteiger partial charge in [0.2, 0.25) is 0 Å². The number of para-hydroxylation sites is 1. The zero-order valence-electron chi connectivity index (χ0n) is 15.7. The molecule has 140 valence electrons. The van der Waals surface area contributed by atoms with Crippen LogP contribution in [0.1, 0.15) is 29.4 Å². The van der Waals surface area contributed by atoms with Crippen molar-refractivity contribution in [3.05, 3.63) is 59.8 Å². The van der Waals surface area contributed by atoms with Gasteiger partial charge in [0.1, 0.15) is 17.5 Å². The maximum atomic E-state index is 12.8. The molecule has 1 aliphatic rings. The highest BCUT2D eigenvalue weighted by Crippen LogP contribution is 2.34. The van der Waals surface area contributed by atoms with E-state index in [0.717, 1.165) is 41.7 Å². The highest BCUT2D eigenvalue weighted by atomic mass is 32.2. The molecule has 0 bridgehead atoms. The van der Waals surface area contributed by atoms with Crippen LogP contribution in [-0.2, 0) is 13.0 Å². The lowest BCUT2D eigenvalue weighted by Crippen LogP contribution is -2.32. The summed E-state index contributed by atoms with van der Waals surface area (Å²) in [5.74, 6) is 0.855. The van der Waals surface area contributed by atoms with Crippen molar-refractivity contribution in [2.75, 3.05) is 12.8 Å². The third kappa shape index (κ3) is 3.56. The predicted molar refractivity (Wildman–Crippen MR) is 111 cm³/mol. The molecule has 0 radical (unpaired) electrons. The average molecular weight is 381 g/mol. The van der Waals surface area contributed by atoms with E-state index >= 15 is 0 Å². The smallest absolute Gasteiger partial charge is 0.267 e. The van der Waals surface area contributed by atoms with Crippen molar-refractivity contribution < 1.29 is 9.53 Å². The zero-order chi connectivity index (χ0) is 18.8. The molecule has 0 saturated heterocycles. The third-order valence-electron chi connectivity index (χ3n) is 5.11. The number of aromatic nitrogens is 1. The van der Waals surface area contributed by atoms with Crippen LogP contribution < -0.4 is 10.1 Å². The standard InChI is InChI=1S/C22H24N2O2S/c1-3-17-14-24-19(13-16-5-4-6-20(26-17)21(16)24)22(25)23-12-11-15-7-9-18(27-2)10-8-15/h4-10,13,17H,3,11-12,14H2,1-2H3,(H,23,25)/t17-/m1/s1. The molecule has 1 aromatic heterocycles. The first-order valence-corrected chi connectivity index (χ1v) is 10.6. The monoisotopic (exact) mass is 380 g/mol. The van der Waals surface area contributed by atoms with Gasteiger partial charge in [0.05, 0.1) is 12.1 Å². The van der Waals surface area contributed by atoms with E-state index in [2.05, 4.69) is 47.3 Å². The summed E-state index contributed by atoms with van der Waals surface area (Å²) >= 11 is 1.74. The van der Waals surface area contributed by atoms with Gasteiger partial charge < -0.3 is 14.6 Å². The van der Waals surface area contributed by atoms with E-state index in [0.29, 0.717) is 6.54 Å². The Labute approximate surface area is 163 Å². The summed E-state index contributed by atoms with van der Waals surface area (Å²) in [6, 6.07) is 16.5. The number of hydrogen-bond donors (Lipinski definition) is 1. The summed E-state index contributed by atoms with van der Waals surface area (Å²) in [6.45, 7) is 3.46. The molecule has 0 fully saturated rings. The van der Waals surface area contributed by atoms with Crippen molar-refractivity contribution in [3.63, 3.8) is 0 Å². The molecule has 0 saturated carbocycles. The fourth-order valence-electron chi connectivity index (χ4n) is 3.60. The minimum absolute atomic E-state index is 0.0189. The quantitative estimate of drug-likeness (QED) is 0.640. The lowest BCUT2D eigenvalue weighted by atomic mass is 10.1. The van der Waals surface area contributed by atoms with E-state index in [9.17, 15) is 4.79 Å². The molecule has 1 aliphatic heterocycles. The predicted octanol–water partition coefficient (Wildman–Crippen LogP) is 4.51. The molecule has 2 aromatic carbocycles. The van der Waals surface area contributed by atoms with E-state index in [-0.39, 0.29) is 12.0 Å². The minimum atomic E-state index is -0.0189. The molecule has 4 rings (SSSR count). The Kier molecular flexibility index (Phi) is 5.12. The number of nitrogens with zero attached hydrogens (tertiary/aromatic N) is 1. The van der Waals surface area contributed by atoms with E-state index in [4.69, 9.17) is 4.74 Å². The van der Waals surface area contributed by atoms with Crippen LogP contribution in [0, 0.1) is 0 Å². The number of amides is 1. The largest absolute Gasteiger partial charge is 0.486 e. The fourth-order valence-corrected chi connectivity index (χ4v) is 4.01. The van der Waals surface area contributed by atoms with Crippen molar-refractivity contribution in [3.8, 4) is 5.75 Å². The summed E-state index contributed by atoms with van der Waals surface area (Å²) in [5, 5.41) is 4.14.